The van der Waals surface area contributed by atoms with Crippen molar-refractivity contribution in [1.29, 1.82) is 0 Å². The summed E-state index contributed by atoms with van der Waals surface area (Å²) < 4.78 is 13.1. The molecule has 0 saturated carbocycles. The van der Waals surface area contributed by atoms with Crippen LogP contribution in [0.25, 0.3) is 0 Å². The van der Waals surface area contributed by atoms with Crippen molar-refractivity contribution < 1.29 is 14.3 Å². The number of hydrogen-bond donors (Lipinski definition) is 2. The number of aromatic nitrogens is 3. The van der Waals surface area contributed by atoms with Crippen molar-refractivity contribution in [1.82, 2.24) is 14.8 Å². The number of para-hydroxylation sites is 2. The Balaban J connectivity index is 1.46. The molecule has 37 heavy (non-hydrogen) atoms. The van der Waals surface area contributed by atoms with Crippen molar-refractivity contribution in [2.45, 2.75) is 19.6 Å². The second kappa shape index (κ2) is 10.5. The third-order valence-corrected chi connectivity index (χ3v) is 6.56. The monoisotopic (exact) mass is 535 g/mol. The van der Waals surface area contributed by atoms with E-state index >= 15 is 0 Å². The van der Waals surface area contributed by atoms with Gasteiger partial charge in [-0.25, -0.2) is 4.68 Å². The van der Waals surface area contributed by atoms with Crippen molar-refractivity contribution in [3.8, 4) is 11.5 Å². The number of amides is 1. The van der Waals surface area contributed by atoms with Gasteiger partial charge < -0.3 is 20.1 Å². The molecular formula is C27H23Cl2N5O3. The first-order valence-electron chi connectivity index (χ1n) is 11.4. The summed E-state index contributed by atoms with van der Waals surface area (Å²) in [5.74, 6) is 1.42. The van der Waals surface area contributed by atoms with Gasteiger partial charge in [-0.15, -0.1) is 0 Å². The van der Waals surface area contributed by atoms with E-state index in [9.17, 15) is 4.79 Å². The molecule has 8 nitrogen and oxygen atoms in total. The van der Waals surface area contributed by atoms with Crippen LogP contribution in [0, 0.1) is 0 Å². The summed E-state index contributed by atoms with van der Waals surface area (Å²) in [6.45, 7) is 2.10. The van der Waals surface area contributed by atoms with Crippen LogP contribution in [-0.4, -0.2) is 27.8 Å². The lowest BCUT2D eigenvalue weighted by molar-refractivity contribution is -0.113. The van der Waals surface area contributed by atoms with Crippen molar-refractivity contribution in [2.24, 2.45) is 0 Å². The number of benzene rings is 3. The van der Waals surface area contributed by atoms with E-state index < -0.39 is 6.04 Å². The van der Waals surface area contributed by atoms with Crippen LogP contribution in [0.5, 0.6) is 11.5 Å². The fourth-order valence-corrected chi connectivity index (χ4v) is 4.67. The van der Waals surface area contributed by atoms with E-state index in [0.29, 0.717) is 44.5 Å². The molecule has 0 unspecified atom stereocenters. The van der Waals surface area contributed by atoms with Crippen molar-refractivity contribution in [3.05, 3.63) is 105 Å². The minimum Gasteiger partial charge on any atom is -0.495 e. The average molecular weight is 536 g/mol. The van der Waals surface area contributed by atoms with Gasteiger partial charge in [-0.3, -0.25) is 4.79 Å². The van der Waals surface area contributed by atoms with Crippen LogP contribution < -0.4 is 20.1 Å². The molecule has 2 heterocycles. The molecule has 3 aromatic carbocycles. The van der Waals surface area contributed by atoms with Crippen molar-refractivity contribution in [3.63, 3.8) is 0 Å². The second-order valence-electron chi connectivity index (χ2n) is 8.35. The molecule has 0 aliphatic carbocycles. The molecule has 0 spiro atoms. The van der Waals surface area contributed by atoms with E-state index in [1.54, 1.807) is 36.1 Å². The van der Waals surface area contributed by atoms with Gasteiger partial charge in [-0.05, 0) is 48.9 Å². The predicted molar refractivity (Wildman–Crippen MR) is 143 cm³/mol. The molecule has 10 heteroatoms. The number of carbonyl (C=O) groups excluding carboxylic acids is 1. The molecule has 2 N–H and O–H groups in total. The van der Waals surface area contributed by atoms with Gasteiger partial charge in [0.1, 0.15) is 30.5 Å². The van der Waals surface area contributed by atoms with E-state index in [1.807, 2.05) is 49.4 Å². The van der Waals surface area contributed by atoms with Crippen molar-refractivity contribution in [2.75, 3.05) is 17.7 Å². The lowest BCUT2D eigenvalue weighted by Gasteiger charge is -2.29. The maximum Gasteiger partial charge on any atom is 0.255 e. The van der Waals surface area contributed by atoms with Crippen molar-refractivity contribution >= 4 is 40.7 Å². The Bertz CT molecular complexity index is 1500. The number of methoxy groups -OCH3 is 1. The zero-order chi connectivity index (χ0) is 25.9. The van der Waals surface area contributed by atoms with Crippen LogP contribution in [0.2, 0.25) is 10.0 Å². The van der Waals surface area contributed by atoms with Gasteiger partial charge in [0, 0.05) is 21.3 Å². The maximum absolute atomic E-state index is 13.6. The van der Waals surface area contributed by atoms with E-state index in [2.05, 4.69) is 20.7 Å². The Morgan fingerprint density at radius 2 is 1.95 bits per heavy atom. The van der Waals surface area contributed by atoms with Crippen LogP contribution in [-0.2, 0) is 11.4 Å². The number of hydrogen-bond acceptors (Lipinski definition) is 6. The van der Waals surface area contributed by atoms with Gasteiger partial charge in [0.05, 0.1) is 18.4 Å². The number of halogens is 2. The highest BCUT2D eigenvalue weighted by Crippen LogP contribution is 2.37. The van der Waals surface area contributed by atoms with Gasteiger partial charge in [0.15, 0.2) is 0 Å². The first-order valence-corrected chi connectivity index (χ1v) is 12.2. The maximum atomic E-state index is 13.6. The SMILES string of the molecule is COc1ccccc1NC(=O)C1=C(C)Nc2ncnn2[C@H]1c1cccc(OCc2ccc(Cl)cc2Cl)c1. The summed E-state index contributed by atoms with van der Waals surface area (Å²) in [6, 6.07) is 19.5. The summed E-state index contributed by atoms with van der Waals surface area (Å²) >= 11 is 12.3. The molecule has 0 saturated heterocycles. The number of fused-ring (bicyclic) bond motifs is 1. The standard InChI is InChI=1S/C27H23Cl2N5O3/c1-16-24(26(35)33-22-8-3-4-9-23(22)36-2)25(34-27(32-16)30-15-31-34)17-6-5-7-20(12-17)37-14-18-10-11-19(28)13-21(18)29/h3-13,15,25H,14H2,1-2H3,(H,33,35)(H,30,31,32)/t25-/m0/s1. The van der Waals surface area contributed by atoms with Gasteiger partial charge in [-0.1, -0.05) is 53.5 Å². The van der Waals surface area contributed by atoms with Crippen LogP contribution in [0.3, 0.4) is 0 Å². The number of ether oxygens (including phenoxy) is 2. The highest BCUT2D eigenvalue weighted by Gasteiger charge is 2.34. The Kier molecular flexibility index (Phi) is 7.03. The largest absolute Gasteiger partial charge is 0.495 e. The summed E-state index contributed by atoms with van der Waals surface area (Å²) in [6.07, 6.45) is 1.45. The number of nitrogens with one attached hydrogen (secondary N) is 2. The smallest absolute Gasteiger partial charge is 0.255 e. The normalized spacial score (nSPS) is 14.5. The quantitative estimate of drug-likeness (QED) is 0.297. The fraction of sp³-hybridized carbons (Fsp3) is 0.148. The predicted octanol–water partition coefficient (Wildman–Crippen LogP) is 6.10. The third kappa shape index (κ3) is 5.12. The second-order valence-corrected chi connectivity index (χ2v) is 9.19. The molecule has 188 valence electrons. The lowest BCUT2D eigenvalue weighted by atomic mass is 9.94. The highest BCUT2D eigenvalue weighted by molar-refractivity contribution is 6.35. The Morgan fingerprint density at radius 3 is 2.76 bits per heavy atom. The van der Waals surface area contributed by atoms with Crippen LogP contribution >= 0.6 is 23.2 Å². The first-order chi connectivity index (χ1) is 17.9. The molecular weight excluding hydrogens is 513 g/mol. The van der Waals surface area contributed by atoms with Gasteiger partial charge in [0.25, 0.3) is 5.91 Å². The molecule has 1 aliphatic heterocycles. The zero-order valence-corrected chi connectivity index (χ0v) is 21.5. The molecule has 0 bridgehead atoms. The topological polar surface area (TPSA) is 90.3 Å². The molecule has 0 radical (unpaired) electrons. The van der Waals surface area contributed by atoms with Crippen LogP contribution in [0.4, 0.5) is 11.6 Å². The van der Waals surface area contributed by atoms with Crippen LogP contribution in [0.15, 0.2) is 84.3 Å². The Hall–Kier alpha value is -4.01. The first kappa shape index (κ1) is 24.7. The number of anilines is 2. The molecule has 5 rings (SSSR count). The molecule has 4 aromatic rings. The highest BCUT2D eigenvalue weighted by atomic mass is 35.5. The Morgan fingerprint density at radius 1 is 1.11 bits per heavy atom. The van der Waals surface area contributed by atoms with E-state index in [4.69, 9.17) is 32.7 Å². The number of carbonyl (C=O) groups is 1. The minimum absolute atomic E-state index is 0.260. The third-order valence-electron chi connectivity index (χ3n) is 5.98. The number of allylic oxidation sites excluding steroid dienone is 1. The molecule has 1 amide bonds. The summed E-state index contributed by atoms with van der Waals surface area (Å²) in [5, 5.41) is 11.6. The summed E-state index contributed by atoms with van der Waals surface area (Å²) in [4.78, 5) is 17.9. The van der Waals surface area contributed by atoms with Gasteiger partial charge in [-0.2, -0.15) is 10.1 Å². The lowest BCUT2D eigenvalue weighted by Crippen LogP contribution is -2.31. The zero-order valence-electron chi connectivity index (χ0n) is 20.0. The van der Waals surface area contributed by atoms with Gasteiger partial charge >= 0.3 is 0 Å². The van der Waals surface area contributed by atoms with E-state index in [0.717, 1.165) is 11.1 Å². The number of nitrogens with zero attached hydrogens (tertiary/aromatic N) is 3. The van der Waals surface area contributed by atoms with Crippen LogP contribution in [0.1, 0.15) is 24.1 Å². The minimum atomic E-state index is -0.545. The molecule has 1 aliphatic rings. The molecule has 0 fully saturated rings. The molecule has 1 atom stereocenters. The molecule has 1 aromatic heterocycles. The van der Waals surface area contributed by atoms with E-state index in [-0.39, 0.29) is 12.5 Å². The fourth-order valence-electron chi connectivity index (χ4n) is 4.21. The van der Waals surface area contributed by atoms with E-state index in [1.165, 1.54) is 6.33 Å². The average Bonchev–Trinajstić information content (AvgIpc) is 3.36. The number of rotatable bonds is 7. The summed E-state index contributed by atoms with van der Waals surface area (Å²) in [7, 11) is 1.56. The summed E-state index contributed by atoms with van der Waals surface area (Å²) in [5.41, 5.74) is 3.33. The Labute approximate surface area is 223 Å². The van der Waals surface area contributed by atoms with Gasteiger partial charge in [0.2, 0.25) is 5.95 Å².